The molecule has 0 aliphatic carbocycles. The van der Waals surface area contributed by atoms with Crippen molar-refractivity contribution < 1.29 is 29.0 Å². The Hall–Kier alpha value is -5.26. The minimum absolute atomic E-state index is 0.0509. The second-order valence-corrected chi connectivity index (χ2v) is 10.8. The molecular weight excluding hydrogens is 574 g/mol. The van der Waals surface area contributed by atoms with Crippen molar-refractivity contribution >= 4 is 23.7 Å². The van der Waals surface area contributed by atoms with E-state index in [4.69, 9.17) is 14.9 Å². The summed E-state index contributed by atoms with van der Waals surface area (Å²) in [5.41, 5.74) is 1.69. The van der Waals surface area contributed by atoms with Crippen LogP contribution in [0.25, 0.3) is 11.4 Å². The Morgan fingerprint density at radius 2 is 1.47 bits per heavy atom. The zero-order chi connectivity index (χ0) is 31.6. The van der Waals surface area contributed by atoms with Gasteiger partial charge in [0.25, 0.3) is 0 Å². The van der Waals surface area contributed by atoms with Crippen molar-refractivity contribution in [3.63, 3.8) is 0 Å². The lowest BCUT2D eigenvalue weighted by Gasteiger charge is -2.36. The molecule has 5 rings (SSSR count). The highest BCUT2D eigenvalue weighted by Gasteiger charge is 2.39. The maximum Gasteiger partial charge on any atom is 0.413 e. The zero-order valence-corrected chi connectivity index (χ0v) is 24.4. The summed E-state index contributed by atoms with van der Waals surface area (Å²) in [5, 5.41) is 24.8. The number of nitrogens with one attached hydrogen (secondary N) is 3. The third-order valence-electron chi connectivity index (χ3n) is 7.41. The van der Waals surface area contributed by atoms with Crippen LogP contribution in [0.5, 0.6) is 0 Å². The number of amides is 1. The summed E-state index contributed by atoms with van der Waals surface area (Å²) in [6, 6.07) is 24.5. The van der Waals surface area contributed by atoms with Gasteiger partial charge in [0.2, 0.25) is 0 Å². The molecule has 4 aromatic rings. The number of piperidine rings is 1. The van der Waals surface area contributed by atoms with Gasteiger partial charge in [0.05, 0.1) is 23.6 Å². The van der Waals surface area contributed by atoms with Crippen LogP contribution in [0, 0.1) is 5.41 Å². The molecule has 1 aliphatic heterocycles. The van der Waals surface area contributed by atoms with Gasteiger partial charge in [0.1, 0.15) is 19.0 Å². The van der Waals surface area contributed by atoms with Gasteiger partial charge in [-0.25, -0.2) is 14.8 Å². The number of carbonyl (C=O) groups excluding carboxylic acids is 3. The van der Waals surface area contributed by atoms with Crippen molar-refractivity contribution in [2.45, 2.75) is 44.1 Å². The first-order chi connectivity index (χ1) is 21.8. The number of ketones is 1. The Balaban J connectivity index is 1.12. The highest BCUT2D eigenvalue weighted by molar-refractivity contribution is 6.04. The van der Waals surface area contributed by atoms with E-state index in [9.17, 15) is 19.5 Å². The second-order valence-electron chi connectivity index (χ2n) is 10.8. The van der Waals surface area contributed by atoms with E-state index in [0.29, 0.717) is 29.9 Å². The molecule has 2 unspecified atom stereocenters. The minimum atomic E-state index is -1.37. The zero-order valence-electron chi connectivity index (χ0n) is 24.4. The molecule has 45 heavy (non-hydrogen) atoms. The molecule has 2 heterocycles. The summed E-state index contributed by atoms with van der Waals surface area (Å²) in [6.07, 6.45) is 2.27. The molecule has 1 amide bonds. The van der Waals surface area contributed by atoms with Crippen LogP contribution in [-0.2, 0) is 27.5 Å². The standard InChI is InChI=1S/C34H33N5O6/c35-31(39-33(42)45-22-24-9-5-2-6-10-24)25-11-13-26(14-12-25)32-37-19-27(20-38-32)30(41)28-17-34(43,15-16-36-28)18-29(40)44-21-23-7-3-1-4-8-23/h1-14,19-20,28,36,43H,15-18,21-22H2,(H2,35,39,42). The van der Waals surface area contributed by atoms with Crippen LogP contribution < -0.4 is 10.6 Å². The molecule has 3 aromatic carbocycles. The van der Waals surface area contributed by atoms with Crippen molar-refractivity contribution in [2.24, 2.45) is 0 Å². The van der Waals surface area contributed by atoms with E-state index in [2.05, 4.69) is 20.6 Å². The topological polar surface area (TPSA) is 164 Å². The van der Waals surface area contributed by atoms with Crippen LogP contribution >= 0.6 is 0 Å². The van der Waals surface area contributed by atoms with Gasteiger partial charge in [0.15, 0.2) is 11.6 Å². The number of rotatable bonds is 10. The van der Waals surface area contributed by atoms with E-state index in [-0.39, 0.29) is 43.2 Å². The average Bonchev–Trinajstić information content (AvgIpc) is 3.07. The van der Waals surface area contributed by atoms with Crippen molar-refractivity contribution in [2.75, 3.05) is 6.54 Å². The maximum absolute atomic E-state index is 13.2. The predicted octanol–water partition coefficient (Wildman–Crippen LogP) is 4.19. The van der Waals surface area contributed by atoms with Crippen molar-refractivity contribution in [1.29, 1.82) is 5.41 Å². The number of aliphatic hydroxyl groups is 1. The summed E-state index contributed by atoms with van der Waals surface area (Å²) >= 11 is 0. The fourth-order valence-corrected chi connectivity index (χ4v) is 4.96. The number of aromatic nitrogens is 2. The molecule has 0 saturated carbocycles. The number of esters is 1. The number of benzene rings is 3. The number of alkyl carbamates (subject to hydrolysis) is 1. The van der Waals surface area contributed by atoms with Crippen LogP contribution in [0.2, 0.25) is 0 Å². The Morgan fingerprint density at radius 1 is 0.867 bits per heavy atom. The molecule has 1 saturated heterocycles. The van der Waals surface area contributed by atoms with E-state index in [1.807, 2.05) is 60.7 Å². The smallest absolute Gasteiger partial charge is 0.413 e. The molecule has 0 spiro atoms. The highest BCUT2D eigenvalue weighted by Crippen LogP contribution is 2.28. The number of hydrogen-bond donors (Lipinski definition) is 4. The van der Waals surface area contributed by atoms with Crippen molar-refractivity contribution in [3.8, 4) is 11.4 Å². The van der Waals surface area contributed by atoms with Gasteiger partial charge in [-0.2, -0.15) is 0 Å². The number of hydrogen-bond acceptors (Lipinski definition) is 10. The third kappa shape index (κ3) is 8.65. The van der Waals surface area contributed by atoms with E-state index < -0.39 is 23.7 Å². The maximum atomic E-state index is 13.2. The molecule has 0 radical (unpaired) electrons. The van der Waals surface area contributed by atoms with Crippen LogP contribution in [0.15, 0.2) is 97.3 Å². The molecule has 0 bridgehead atoms. The van der Waals surface area contributed by atoms with E-state index in [0.717, 1.165) is 11.1 Å². The number of Topliss-reactive ketones (excluding diaryl/α,β-unsaturated/α-hetero) is 1. The summed E-state index contributed by atoms with van der Waals surface area (Å²) in [7, 11) is 0. The number of ether oxygens (including phenoxy) is 2. The highest BCUT2D eigenvalue weighted by atomic mass is 16.5. The first-order valence-corrected chi connectivity index (χ1v) is 14.5. The van der Waals surface area contributed by atoms with Gasteiger partial charge in [0, 0.05) is 23.5 Å². The van der Waals surface area contributed by atoms with Crippen molar-refractivity contribution in [1.82, 2.24) is 20.6 Å². The van der Waals surface area contributed by atoms with Crippen LogP contribution in [-0.4, -0.2) is 56.9 Å². The predicted molar refractivity (Wildman–Crippen MR) is 165 cm³/mol. The fourth-order valence-electron chi connectivity index (χ4n) is 4.96. The Morgan fingerprint density at radius 3 is 2.09 bits per heavy atom. The molecular formula is C34H33N5O6. The monoisotopic (exact) mass is 607 g/mol. The SMILES string of the molecule is N=C(NC(=O)OCc1ccccc1)c1ccc(-c2ncc(C(=O)C3CC(O)(CC(=O)OCc4ccccc4)CCN3)cn2)cc1. The molecule has 2 atom stereocenters. The van der Waals surface area contributed by atoms with E-state index in [1.54, 1.807) is 24.3 Å². The Labute approximate surface area is 260 Å². The van der Waals surface area contributed by atoms with Crippen LogP contribution in [0.4, 0.5) is 4.79 Å². The summed E-state index contributed by atoms with van der Waals surface area (Å²) in [5.74, 6) is -0.562. The third-order valence-corrected chi connectivity index (χ3v) is 7.41. The lowest BCUT2D eigenvalue weighted by molar-refractivity contribution is -0.151. The lowest BCUT2D eigenvalue weighted by Crippen LogP contribution is -2.52. The van der Waals surface area contributed by atoms with Gasteiger partial charge in [-0.1, -0.05) is 84.9 Å². The largest absolute Gasteiger partial charge is 0.461 e. The van der Waals surface area contributed by atoms with Gasteiger partial charge >= 0.3 is 12.1 Å². The van der Waals surface area contributed by atoms with Crippen LogP contribution in [0.1, 0.15) is 46.3 Å². The molecule has 4 N–H and O–H groups in total. The fraction of sp³-hybridized carbons (Fsp3) is 0.235. The van der Waals surface area contributed by atoms with E-state index >= 15 is 0 Å². The van der Waals surface area contributed by atoms with Gasteiger partial charge in [-0.05, 0) is 30.5 Å². The first kappa shape index (κ1) is 31.2. The lowest BCUT2D eigenvalue weighted by atomic mass is 9.83. The molecule has 1 aliphatic rings. The van der Waals surface area contributed by atoms with Crippen LogP contribution in [0.3, 0.4) is 0 Å². The average molecular weight is 608 g/mol. The quantitative estimate of drug-likeness (QED) is 0.0896. The van der Waals surface area contributed by atoms with Crippen molar-refractivity contribution in [3.05, 3.63) is 120 Å². The van der Waals surface area contributed by atoms with Gasteiger partial charge in [-0.3, -0.25) is 20.3 Å². The molecule has 230 valence electrons. The molecule has 1 aromatic heterocycles. The number of amidine groups is 1. The second kappa shape index (κ2) is 14.5. The Bertz CT molecular complexity index is 1630. The van der Waals surface area contributed by atoms with E-state index in [1.165, 1.54) is 12.4 Å². The first-order valence-electron chi connectivity index (χ1n) is 14.5. The summed E-state index contributed by atoms with van der Waals surface area (Å²) in [4.78, 5) is 46.4. The normalized spacial score (nSPS) is 17.6. The molecule has 11 nitrogen and oxygen atoms in total. The van der Waals surface area contributed by atoms with Gasteiger partial charge < -0.3 is 19.9 Å². The molecule has 1 fully saturated rings. The number of nitrogens with zero attached hydrogens (tertiary/aromatic N) is 2. The number of carbonyl (C=O) groups is 3. The molecule has 11 heteroatoms. The summed E-state index contributed by atoms with van der Waals surface area (Å²) in [6.45, 7) is 0.570. The minimum Gasteiger partial charge on any atom is -0.461 e. The Kier molecular flexibility index (Phi) is 10.0. The van der Waals surface area contributed by atoms with Gasteiger partial charge in [-0.15, -0.1) is 0 Å². The summed E-state index contributed by atoms with van der Waals surface area (Å²) < 4.78 is 10.5.